The SMILES string of the molecule is CC(=NCC(=O)O)c1ccc(C#N)cc1. The van der Waals surface area contributed by atoms with Gasteiger partial charge >= 0.3 is 5.97 Å². The first-order valence-electron chi connectivity index (χ1n) is 4.37. The van der Waals surface area contributed by atoms with Gasteiger partial charge < -0.3 is 5.11 Å². The average molecular weight is 202 g/mol. The van der Waals surface area contributed by atoms with Crippen molar-refractivity contribution >= 4 is 11.7 Å². The molecule has 0 unspecified atom stereocenters. The number of hydrogen-bond acceptors (Lipinski definition) is 3. The van der Waals surface area contributed by atoms with E-state index < -0.39 is 5.97 Å². The number of rotatable bonds is 3. The summed E-state index contributed by atoms with van der Waals surface area (Å²) in [5, 5.41) is 17.0. The van der Waals surface area contributed by atoms with Gasteiger partial charge in [0.15, 0.2) is 0 Å². The van der Waals surface area contributed by atoms with Gasteiger partial charge in [-0.25, -0.2) is 0 Å². The Hall–Kier alpha value is -2.15. The second-order valence-corrected chi connectivity index (χ2v) is 2.98. The number of carboxylic acid groups (broad SMARTS) is 1. The van der Waals surface area contributed by atoms with Gasteiger partial charge in [0.1, 0.15) is 6.54 Å². The van der Waals surface area contributed by atoms with Gasteiger partial charge in [-0.2, -0.15) is 5.26 Å². The zero-order valence-corrected chi connectivity index (χ0v) is 8.27. The number of aliphatic carboxylic acids is 1. The predicted molar refractivity (Wildman–Crippen MR) is 55.9 cm³/mol. The summed E-state index contributed by atoms with van der Waals surface area (Å²) in [7, 11) is 0. The highest BCUT2D eigenvalue weighted by Crippen LogP contribution is 2.04. The predicted octanol–water partition coefficient (Wildman–Crippen LogP) is 1.45. The number of carboxylic acids is 1. The highest BCUT2D eigenvalue weighted by molar-refractivity contribution is 5.99. The lowest BCUT2D eigenvalue weighted by atomic mass is 10.1. The summed E-state index contributed by atoms with van der Waals surface area (Å²) in [6.07, 6.45) is 0. The lowest BCUT2D eigenvalue weighted by Crippen LogP contribution is -2.03. The Balaban J connectivity index is 2.83. The number of benzene rings is 1. The standard InChI is InChI=1S/C11H10N2O2/c1-8(13-7-11(14)15)10-4-2-9(6-12)3-5-10/h2-5H,7H2,1H3,(H,14,15). The summed E-state index contributed by atoms with van der Waals surface area (Å²) in [6.45, 7) is 1.51. The molecule has 0 fully saturated rings. The molecule has 0 saturated carbocycles. The molecule has 0 atom stereocenters. The van der Waals surface area contributed by atoms with Crippen LogP contribution in [0.4, 0.5) is 0 Å². The maximum absolute atomic E-state index is 10.3. The van der Waals surface area contributed by atoms with E-state index in [0.29, 0.717) is 11.3 Å². The lowest BCUT2D eigenvalue weighted by Gasteiger charge is -1.99. The van der Waals surface area contributed by atoms with Crippen LogP contribution in [0.3, 0.4) is 0 Å². The highest BCUT2D eigenvalue weighted by Gasteiger charge is 1.99. The number of nitrogens with zero attached hydrogens (tertiary/aromatic N) is 2. The molecule has 0 radical (unpaired) electrons. The van der Waals surface area contributed by atoms with Crippen LogP contribution in [0.1, 0.15) is 18.1 Å². The van der Waals surface area contributed by atoms with Gasteiger partial charge in [0.25, 0.3) is 0 Å². The van der Waals surface area contributed by atoms with Crippen LogP contribution in [0.15, 0.2) is 29.3 Å². The molecule has 1 N–H and O–H groups in total. The molecular formula is C11H10N2O2. The number of aliphatic imine (C=N–C) groups is 1. The molecule has 76 valence electrons. The smallest absolute Gasteiger partial charge is 0.325 e. The molecular weight excluding hydrogens is 192 g/mol. The Morgan fingerprint density at radius 3 is 2.53 bits per heavy atom. The largest absolute Gasteiger partial charge is 0.480 e. The molecule has 1 rings (SSSR count). The summed E-state index contributed by atoms with van der Waals surface area (Å²) in [5.41, 5.74) is 2.06. The minimum Gasteiger partial charge on any atom is -0.480 e. The maximum atomic E-state index is 10.3. The van der Waals surface area contributed by atoms with Crippen molar-refractivity contribution in [1.82, 2.24) is 0 Å². The Kier molecular flexibility index (Phi) is 3.58. The third-order valence-electron chi connectivity index (χ3n) is 1.88. The molecule has 0 aliphatic carbocycles. The Morgan fingerprint density at radius 2 is 2.07 bits per heavy atom. The van der Waals surface area contributed by atoms with Crippen LogP contribution < -0.4 is 0 Å². The Bertz CT molecular complexity index is 427. The molecule has 0 amide bonds. The molecule has 0 aromatic heterocycles. The van der Waals surface area contributed by atoms with E-state index in [4.69, 9.17) is 10.4 Å². The van der Waals surface area contributed by atoms with Crippen LogP contribution in [0.5, 0.6) is 0 Å². The number of nitriles is 1. The second-order valence-electron chi connectivity index (χ2n) is 2.98. The minimum absolute atomic E-state index is 0.230. The minimum atomic E-state index is -0.956. The fourth-order valence-electron chi connectivity index (χ4n) is 1.06. The van der Waals surface area contributed by atoms with Crippen molar-refractivity contribution in [2.45, 2.75) is 6.92 Å². The summed E-state index contributed by atoms with van der Waals surface area (Å²) < 4.78 is 0. The molecule has 0 heterocycles. The van der Waals surface area contributed by atoms with Crippen LogP contribution in [-0.4, -0.2) is 23.3 Å². The highest BCUT2D eigenvalue weighted by atomic mass is 16.4. The first-order valence-corrected chi connectivity index (χ1v) is 4.37. The van der Waals surface area contributed by atoms with E-state index in [-0.39, 0.29) is 6.54 Å². The first-order chi connectivity index (χ1) is 7.13. The van der Waals surface area contributed by atoms with Crippen molar-refractivity contribution in [1.29, 1.82) is 5.26 Å². The summed E-state index contributed by atoms with van der Waals surface area (Å²) in [6, 6.07) is 8.86. The second kappa shape index (κ2) is 4.91. The van der Waals surface area contributed by atoms with Gasteiger partial charge in [-0.3, -0.25) is 9.79 Å². The van der Waals surface area contributed by atoms with Crippen molar-refractivity contribution in [3.8, 4) is 6.07 Å². The first kappa shape index (κ1) is 10.9. The lowest BCUT2D eigenvalue weighted by molar-refractivity contribution is -0.135. The average Bonchev–Trinajstić information content (AvgIpc) is 2.26. The monoisotopic (exact) mass is 202 g/mol. The molecule has 0 spiro atoms. The third-order valence-corrected chi connectivity index (χ3v) is 1.88. The molecule has 0 bridgehead atoms. The van der Waals surface area contributed by atoms with Crippen molar-refractivity contribution in [2.75, 3.05) is 6.54 Å². The molecule has 4 nitrogen and oxygen atoms in total. The third kappa shape index (κ3) is 3.24. The van der Waals surface area contributed by atoms with E-state index >= 15 is 0 Å². The Labute approximate surface area is 87.5 Å². The molecule has 0 aliphatic heterocycles. The van der Waals surface area contributed by atoms with Crippen LogP contribution in [0.25, 0.3) is 0 Å². The topological polar surface area (TPSA) is 73.4 Å². The zero-order chi connectivity index (χ0) is 11.3. The van der Waals surface area contributed by atoms with E-state index in [2.05, 4.69) is 4.99 Å². The summed E-state index contributed by atoms with van der Waals surface area (Å²) in [4.78, 5) is 14.2. The van der Waals surface area contributed by atoms with Crippen molar-refractivity contribution in [3.05, 3.63) is 35.4 Å². The van der Waals surface area contributed by atoms with E-state index in [1.54, 1.807) is 31.2 Å². The maximum Gasteiger partial charge on any atom is 0.325 e. The van der Waals surface area contributed by atoms with Crippen LogP contribution in [-0.2, 0) is 4.79 Å². The van der Waals surface area contributed by atoms with Crippen molar-refractivity contribution < 1.29 is 9.90 Å². The van der Waals surface area contributed by atoms with Crippen molar-refractivity contribution in [3.63, 3.8) is 0 Å². The summed E-state index contributed by atoms with van der Waals surface area (Å²) in [5.74, 6) is -0.956. The fraction of sp³-hybridized carbons (Fsp3) is 0.182. The van der Waals surface area contributed by atoms with E-state index in [1.807, 2.05) is 6.07 Å². The number of hydrogen-bond donors (Lipinski definition) is 1. The van der Waals surface area contributed by atoms with Gasteiger partial charge in [0, 0.05) is 5.71 Å². The summed E-state index contributed by atoms with van der Waals surface area (Å²) >= 11 is 0. The van der Waals surface area contributed by atoms with Crippen LogP contribution >= 0.6 is 0 Å². The zero-order valence-electron chi connectivity index (χ0n) is 8.27. The van der Waals surface area contributed by atoms with Gasteiger partial charge in [-0.05, 0) is 24.6 Å². The van der Waals surface area contributed by atoms with Gasteiger partial charge in [0.2, 0.25) is 0 Å². The molecule has 0 saturated heterocycles. The van der Waals surface area contributed by atoms with E-state index in [9.17, 15) is 4.79 Å². The Morgan fingerprint density at radius 1 is 1.47 bits per heavy atom. The molecule has 15 heavy (non-hydrogen) atoms. The van der Waals surface area contributed by atoms with Crippen LogP contribution in [0.2, 0.25) is 0 Å². The fourth-order valence-corrected chi connectivity index (χ4v) is 1.06. The van der Waals surface area contributed by atoms with E-state index in [1.165, 1.54) is 0 Å². The molecule has 4 heteroatoms. The molecule has 0 aliphatic rings. The van der Waals surface area contributed by atoms with E-state index in [0.717, 1.165) is 5.56 Å². The van der Waals surface area contributed by atoms with Gasteiger partial charge in [-0.15, -0.1) is 0 Å². The normalized spacial score (nSPS) is 10.8. The molecule has 1 aromatic carbocycles. The number of carbonyl (C=O) groups is 1. The van der Waals surface area contributed by atoms with Crippen LogP contribution in [0, 0.1) is 11.3 Å². The quantitative estimate of drug-likeness (QED) is 0.754. The van der Waals surface area contributed by atoms with Gasteiger partial charge in [-0.1, -0.05) is 12.1 Å². The van der Waals surface area contributed by atoms with Crippen molar-refractivity contribution in [2.24, 2.45) is 4.99 Å². The van der Waals surface area contributed by atoms with Gasteiger partial charge in [0.05, 0.1) is 11.6 Å². The molecule has 1 aromatic rings.